The molecule has 0 saturated carbocycles. The second-order valence-corrected chi connectivity index (χ2v) is 0.784. The van der Waals surface area contributed by atoms with Crippen LogP contribution in [0.2, 0.25) is 0 Å². The molecule has 34 valence electrons. The van der Waals surface area contributed by atoms with Gasteiger partial charge < -0.3 is 5.11 Å². The lowest BCUT2D eigenvalue weighted by Gasteiger charge is -1.79. The van der Waals surface area contributed by atoms with Crippen LogP contribution in [0.1, 0.15) is 11.0 Å². The van der Waals surface area contributed by atoms with Gasteiger partial charge in [0, 0.05) is 9.69 Å². The predicted molar refractivity (Wildman–Crippen MR) is 22.4 cm³/mol. The van der Waals surface area contributed by atoms with Crippen LogP contribution < -0.4 is 0 Å². The molecule has 0 aromatic heterocycles. The number of hydrogen-bond acceptors (Lipinski definition) is 1. The van der Waals surface area contributed by atoms with Gasteiger partial charge in [-0.2, -0.15) is 0 Å². The summed E-state index contributed by atoms with van der Waals surface area (Å²) in [6, 6.07) is 0. The molecule has 1 N–H and O–H groups in total. The number of hydrogen-bond donors (Lipinski definition) is 1. The fourth-order valence-electron chi connectivity index (χ4n) is 0. The fraction of sp³-hybridized carbons (Fsp3) is 0.250. The second-order valence-electron chi connectivity index (χ2n) is 0.784. The van der Waals surface area contributed by atoms with Crippen molar-refractivity contribution in [1.29, 1.82) is 0 Å². The molecule has 0 aliphatic rings. The van der Waals surface area contributed by atoms with Gasteiger partial charge in [0.25, 0.3) is 0 Å². The topological polar surface area (TPSA) is 37.3 Å². The van der Waals surface area contributed by atoms with Crippen molar-refractivity contribution in [3.63, 3.8) is 0 Å². The first-order chi connectivity index (χ1) is 3.85. The minimum absolute atomic E-state index is 0.748. The van der Waals surface area contributed by atoms with Gasteiger partial charge in [0.05, 0.1) is 0 Å². The maximum Gasteiger partial charge on any atom is 0.330 e. The Balaban J connectivity index is 4.23. The molecular formula is C4H6O2. The molecule has 0 aliphatic heterocycles. The zero-order chi connectivity index (χ0) is 7.65. The maximum atomic E-state index is 9.89. The van der Waals surface area contributed by atoms with E-state index in [1.807, 2.05) is 0 Å². The molecular weight excluding hydrogens is 80.0 g/mol. The largest absolute Gasteiger partial charge is 0.478 e. The van der Waals surface area contributed by atoms with Crippen molar-refractivity contribution in [3.05, 3.63) is 12.2 Å². The van der Waals surface area contributed by atoms with Gasteiger partial charge in [0.15, 0.2) is 0 Å². The van der Waals surface area contributed by atoms with Gasteiger partial charge in [-0.3, -0.25) is 0 Å². The maximum absolute atomic E-state index is 9.89. The van der Waals surface area contributed by atoms with E-state index in [1.54, 1.807) is 0 Å². The SMILES string of the molecule is [2H]C([2H])([2H])C(=C)C(=O)O. The average molecular weight is 89.1 g/mol. The lowest BCUT2D eigenvalue weighted by Crippen LogP contribution is -1.92. The Morgan fingerprint density at radius 2 is 2.67 bits per heavy atom. The van der Waals surface area contributed by atoms with E-state index < -0.39 is 18.4 Å². The first-order valence-electron chi connectivity index (χ1n) is 2.78. The van der Waals surface area contributed by atoms with Crippen LogP contribution in [0.5, 0.6) is 0 Å². The third-order valence-corrected chi connectivity index (χ3v) is 0.258. The third kappa shape index (κ3) is 1.52. The van der Waals surface area contributed by atoms with E-state index in [9.17, 15) is 4.79 Å². The summed E-state index contributed by atoms with van der Waals surface area (Å²) >= 11 is 0. The Bertz CT molecular complexity index is 146. The minimum Gasteiger partial charge on any atom is -0.478 e. The summed E-state index contributed by atoms with van der Waals surface area (Å²) in [5.41, 5.74) is -0.748. The number of aliphatic carboxylic acids is 1. The van der Waals surface area contributed by atoms with Gasteiger partial charge in [0.1, 0.15) is 0 Å². The Morgan fingerprint density at radius 1 is 2.17 bits per heavy atom. The van der Waals surface area contributed by atoms with E-state index >= 15 is 0 Å². The van der Waals surface area contributed by atoms with Gasteiger partial charge in [-0.25, -0.2) is 4.79 Å². The van der Waals surface area contributed by atoms with E-state index in [4.69, 9.17) is 9.22 Å². The molecule has 0 atom stereocenters. The van der Waals surface area contributed by atoms with E-state index in [-0.39, 0.29) is 0 Å². The molecule has 6 heavy (non-hydrogen) atoms. The lowest BCUT2D eigenvalue weighted by atomic mass is 10.4. The first kappa shape index (κ1) is 1.78. The van der Waals surface area contributed by atoms with Crippen LogP contribution in [-0.4, -0.2) is 11.1 Å². The van der Waals surface area contributed by atoms with Crippen molar-refractivity contribution in [3.8, 4) is 0 Å². The van der Waals surface area contributed by atoms with Crippen molar-refractivity contribution in [2.45, 2.75) is 6.85 Å². The molecule has 0 amide bonds. The highest BCUT2D eigenvalue weighted by atomic mass is 16.4. The van der Waals surface area contributed by atoms with Crippen molar-refractivity contribution in [2.75, 3.05) is 0 Å². The van der Waals surface area contributed by atoms with Crippen LogP contribution in [0.4, 0.5) is 0 Å². The molecule has 0 fully saturated rings. The van der Waals surface area contributed by atoms with Gasteiger partial charge in [-0.15, -0.1) is 0 Å². The zero-order valence-corrected chi connectivity index (χ0v) is 3.06. The van der Waals surface area contributed by atoms with Crippen molar-refractivity contribution in [1.82, 2.24) is 0 Å². The number of rotatable bonds is 1. The predicted octanol–water partition coefficient (Wildman–Crippen LogP) is 0.647. The molecule has 0 aliphatic carbocycles. The van der Waals surface area contributed by atoms with E-state index in [1.165, 1.54) is 0 Å². The van der Waals surface area contributed by atoms with Gasteiger partial charge >= 0.3 is 5.97 Å². The molecule has 0 saturated heterocycles. The Morgan fingerprint density at radius 3 is 2.67 bits per heavy atom. The number of carboxylic acids is 1. The van der Waals surface area contributed by atoms with Crippen molar-refractivity contribution >= 4 is 5.97 Å². The van der Waals surface area contributed by atoms with Crippen LogP contribution in [0.25, 0.3) is 0 Å². The summed E-state index contributed by atoms with van der Waals surface area (Å²) in [6.07, 6.45) is 0. The Hall–Kier alpha value is -0.790. The summed E-state index contributed by atoms with van der Waals surface area (Å²) in [4.78, 5) is 9.89. The van der Waals surface area contributed by atoms with Gasteiger partial charge in [-0.05, 0) is 6.85 Å². The normalized spacial score (nSPS) is 17.0. The van der Waals surface area contributed by atoms with Crippen LogP contribution in [0, 0.1) is 0 Å². The van der Waals surface area contributed by atoms with Crippen LogP contribution in [-0.2, 0) is 4.79 Å². The van der Waals surface area contributed by atoms with E-state index in [0.29, 0.717) is 0 Å². The number of carbonyl (C=O) groups is 1. The molecule has 0 bridgehead atoms. The first-order valence-corrected chi connectivity index (χ1v) is 1.28. The summed E-state index contributed by atoms with van der Waals surface area (Å²) < 4.78 is 19.6. The molecule has 0 radical (unpaired) electrons. The average Bonchev–Trinajstić information content (AvgIpc) is 1.62. The molecule has 0 aromatic carbocycles. The highest BCUT2D eigenvalue weighted by molar-refractivity contribution is 5.84. The summed E-state index contributed by atoms with van der Waals surface area (Å²) in [7, 11) is 0. The quantitative estimate of drug-likeness (QED) is 0.479. The van der Waals surface area contributed by atoms with Crippen LogP contribution in [0.3, 0.4) is 0 Å². The zero-order valence-electron chi connectivity index (χ0n) is 6.06. The molecule has 2 nitrogen and oxygen atoms in total. The van der Waals surface area contributed by atoms with E-state index in [0.717, 1.165) is 0 Å². The smallest absolute Gasteiger partial charge is 0.330 e. The molecule has 0 spiro atoms. The van der Waals surface area contributed by atoms with Gasteiger partial charge in [-0.1, -0.05) is 6.58 Å². The molecule has 0 unspecified atom stereocenters. The van der Waals surface area contributed by atoms with Gasteiger partial charge in [0.2, 0.25) is 0 Å². The fourth-order valence-corrected chi connectivity index (χ4v) is 0. The van der Waals surface area contributed by atoms with Crippen LogP contribution >= 0.6 is 0 Å². The minimum atomic E-state index is -2.56. The summed E-state index contributed by atoms with van der Waals surface area (Å²) in [5, 5.41) is 8.06. The Kier molecular flexibility index (Phi) is 0.473. The number of carboxylic acid groups (broad SMARTS) is 1. The Labute approximate surface area is 40.3 Å². The molecule has 0 heterocycles. The highest BCUT2D eigenvalue weighted by Gasteiger charge is 1.90. The lowest BCUT2D eigenvalue weighted by molar-refractivity contribution is -0.132. The standard InChI is InChI=1S/C4H6O2/c1-3(2)4(5)6/h1H2,2H3,(H,5,6)/i2D3. The van der Waals surface area contributed by atoms with Crippen molar-refractivity contribution < 1.29 is 14.0 Å². The van der Waals surface area contributed by atoms with Crippen LogP contribution in [0.15, 0.2) is 12.2 Å². The second kappa shape index (κ2) is 1.60. The van der Waals surface area contributed by atoms with E-state index in [2.05, 4.69) is 6.58 Å². The van der Waals surface area contributed by atoms with Crippen molar-refractivity contribution in [2.24, 2.45) is 0 Å². The summed E-state index contributed by atoms with van der Waals surface area (Å²) in [6.45, 7) is 0.300. The summed E-state index contributed by atoms with van der Waals surface area (Å²) in [5.74, 6) is -1.48. The molecule has 0 rings (SSSR count). The third-order valence-electron chi connectivity index (χ3n) is 0.258. The molecule has 0 aromatic rings. The molecule has 2 heteroatoms. The highest BCUT2D eigenvalue weighted by Crippen LogP contribution is 1.81. The monoisotopic (exact) mass is 89.1 g/mol.